The second-order valence-corrected chi connectivity index (χ2v) is 10.7. The van der Waals surface area contributed by atoms with E-state index in [1.165, 1.54) is 0 Å². The lowest BCUT2D eigenvalue weighted by molar-refractivity contribution is -0.128. The van der Waals surface area contributed by atoms with Crippen molar-refractivity contribution < 1.29 is 14.1 Å². The van der Waals surface area contributed by atoms with Crippen molar-refractivity contribution in [3.8, 4) is 17.1 Å². The molecule has 2 aromatic carbocycles. The van der Waals surface area contributed by atoms with Gasteiger partial charge in [0.25, 0.3) is 0 Å². The molecule has 1 saturated heterocycles. The van der Waals surface area contributed by atoms with Gasteiger partial charge in [-0.05, 0) is 70.5 Å². The van der Waals surface area contributed by atoms with Gasteiger partial charge in [-0.3, -0.25) is 9.69 Å². The highest BCUT2D eigenvalue weighted by Crippen LogP contribution is 2.40. The predicted molar refractivity (Wildman–Crippen MR) is 134 cm³/mol. The quantitative estimate of drug-likeness (QED) is 0.516. The van der Waals surface area contributed by atoms with Crippen LogP contribution in [0.1, 0.15) is 56.2 Å². The number of nitrogens with zero attached hydrogens (tertiary/aromatic N) is 3. The number of benzene rings is 2. The summed E-state index contributed by atoms with van der Waals surface area (Å²) < 4.78 is 11.7. The average Bonchev–Trinajstić information content (AvgIpc) is 3.28. The highest BCUT2D eigenvalue weighted by molar-refractivity contribution is 6.30. The van der Waals surface area contributed by atoms with Crippen LogP contribution in [-0.4, -0.2) is 39.6 Å². The van der Waals surface area contributed by atoms with Crippen LogP contribution in [0.4, 0.5) is 0 Å². The fraction of sp³-hybridized carbons (Fsp3) is 0.444. The largest absolute Gasteiger partial charge is 0.487 e. The summed E-state index contributed by atoms with van der Waals surface area (Å²) in [7, 11) is 0. The number of nitrogens with one attached hydrogen (secondary N) is 1. The van der Waals surface area contributed by atoms with Crippen LogP contribution >= 0.6 is 11.6 Å². The van der Waals surface area contributed by atoms with Crippen LogP contribution in [-0.2, 0) is 11.3 Å². The van der Waals surface area contributed by atoms with Crippen molar-refractivity contribution in [1.29, 1.82) is 0 Å². The van der Waals surface area contributed by atoms with Crippen molar-refractivity contribution in [2.75, 3.05) is 13.1 Å². The first-order chi connectivity index (χ1) is 16.8. The second-order valence-electron chi connectivity index (χ2n) is 10.3. The molecule has 2 aliphatic rings. The standard InChI is InChI=1S/C27H31ClN4O3/c1-17-6-11-23-21(13-17)22(14-27(2,3)34-23)29-26(33)19-5-4-12-32(15-19)16-24-30-25(31-35-24)18-7-9-20(28)10-8-18/h6-11,13,19,22H,4-5,12,14-16H2,1-3H3,(H,29,33). The molecule has 0 spiro atoms. The number of hydrogen-bond donors (Lipinski definition) is 1. The Kier molecular flexibility index (Phi) is 6.55. The second kappa shape index (κ2) is 9.63. The van der Waals surface area contributed by atoms with Gasteiger partial charge in [0.2, 0.25) is 17.6 Å². The van der Waals surface area contributed by atoms with Crippen molar-refractivity contribution in [3.05, 3.63) is 64.5 Å². The zero-order valence-corrected chi connectivity index (χ0v) is 21.1. The van der Waals surface area contributed by atoms with Gasteiger partial charge in [-0.1, -0.05) is 34.5 Å². The molecule has 1 N–H and O–H groups in total. The Hall–Kier alpha value is -2.90. The summed E-state index contributed by atoms with van der Waals surface area (Å²) in [4.78, 5) is 20.1. The lowest BCUT2D eigenvalue weighted by Gasteiger charge is -2.39. The molecule has 3 aromatic rings. The number of aromatic nitrogens is 2. The van der Waals surface area contributed by atoms with E-state index in [1.54, 1.807) is 12.1 Å². The molecule has 0 bridgehead atoms. The first-order valence-corrected chi connectivity index (χ1v) is 12.5. The Bertz CT molecular complexity index is 1210. The van der Waals surface area contributed by atoms with Crippen LogP contribution in [0, 0.1) is 12.8 Å². The zero-order chi connectivity index (χ0) is 24.6. The summed E-state index contributed by atoms with van der Waals surface area (Å²) in [5, 5.41) is 8.11. The molecule has 7 nitrogen and oxygen atoms in total. The Labute approximate surface area is 210 Å². The Balaban J connectivity index is 1.23. The van der Waals surface area contributed by atoms with E-state index in [2.05, 4.69) is 47.2 Å². The number of hydrogen-bond acceptors (Lipinski definition) is 6. The smallest absolute Gasteiger partial charge is 0.241 e. The molecule has 2 aliphatic heterocycles. The van der Waals surface area contributed by atoms with Gasteiger partial charge in [-0.15, -0.1) is 0 Å². The van der Waals surface area contributed by atoms with Crippen molar-refractivity contribution in [3.63, 3.8) is 0 Å². The number of likely N-dealkylation sites (tertiary alicyclic amines) is 1. The molecule has 2 unspecified atom stereocenters. The van der Waals surface area contributed by atoms with Crippen LogP contribution in [0.3, 0.4) is 0 Å². The van der Waals surface area contributed by atoms with Gasteiger partial charge < -0.3 is 14.6 Å². The van der Waals surface area contributed by atoms with Crippen molar-refractivity contribution in [2.45, 2.75) is 58.2 Å². The predicted octanol–water partition coefficient (Wildman–Crippen LogP) is 5.33. The summed E-state index contributed by atoms with van der Waals surface area (Å²) in [6.45, 7) is 8.29. The average molecular weight is 495 g/mol. The normalized spacial score (nSPS) is 21.7. The van der Waals surface area contributed by atoms with Crippen LogP contribution in [0.5, 0.6) is 5.75 Å². The van der Waals surface area contributed by atoms with E-state index >= 15 is 0 Å². The number of amides is 1. The molecule has 2 atom stereocenters. The number of ether oxygens (including phenoxy) is 1. The lowest BCUT2D eigenvalue weighted by atomic mass is 9.88. The topological polar surface area (TPSA) is 80.5 Å². The summed E-state index contributed by atoms with van der Waals surface area (Å²) >= 11 is 5.97. The molecule has 1 aromatic heterocycles. The number of carbonyl (C=O) groups is 1. The molecule has 35 heavy (non-hydrogen) atoms. The number of halogens is 1. The molecule has 1 fully saturated rings. The van der Waals surface area contributed by atoms with Gasteiger partial charge in [0, 0.05) is 29.1 Å². The lowest BCUT2D eigenvalue weighted by Crippen LogP contribution is -2.46. The summed E-state index contributed by atoms with van der Waals surface area (Å²) in [6.07, 6.45) is 2.56. The number of rotatable bonds is 5. The van der Waals surface area contributed by atoms with Crippen LogP contribution < -0.4 is 10.1 Å². The zero-order valence-electron chi connectivity index (χ0n) is 20.4. The molecule has 184 valence electrons. The number of aryl methyl sites for hydroxylation is 1. The van der Waals surface area contributed by atoms with Crippen molar-refractivity contribution in [1.82, 2.24) is 20.4 Å². The maximum absolute atomic E-state index is 13.3. The summed E-state index contributed by atoms with van der Waals surface area (Å²) in [5.41, 5.74) is 2.74. The van der Waals surface area contributed by atoms with E-state index in [0.717, 1.165) is 48.2 Å². The number of carbonyl (C=O) groups excluding carboxylic acids is 1. The van der Waals surface area contributed by atoms with Gasteiger partial charge in [0.15, 0.2) is 0 Å². The Morgan fingerprint density at radius 1 is 1.23 bits per heavy atom. The maximum Gasteiger partial charge on any atom is 0.241 e. The fourth-order valence-corrected chi connectivity index (χ4v) is 5.16. The van der Waals surface area contributed by atoms with Gasteiger partial charge >= 0.3 is 0 Å². The van der Waals surface area contributed by atoms with Gasteiger partial charge in [0.05, 0.1) is 18.5 Å². The molecule has 0 aliphatic carbocycles. The van der Waals surface area contributed by atoms with Crippen molar-refractivity contribution in [2.24, 2.45) is 5.92 Å². The minimum absolute atomic E-state index is 0.0607. The van der Waals surface area contributed by atoms with Crippen LogP contribution in [0.2, 0.25) is 5.02 Å². The van der Waals surface area contributed by atoms with Gasteiger partial charge in [-0.25, -0.2) is 0 Å². The summed E-state index contributed by atoms with van der Waals surface area (Å²) in [6, 6.07) is 13.5. The van der Waals surface area contributed by atoms with Crippen molar-refractivity contribution >= 4 is 17.5 Å². The van der Waals surface area contributed by atoms with Gasteiger partial charge in [-0.2, -0.15) is 4.98 Å². The van der Waals surface area contributed by atoms with E-state index in [0.29, 0.717) is 29.8 Å². The molecule has 3 heterocycles. The van der Waals surface area contributed by atoms with E-state index in [4.69, 9.17) is 20.9 Å². The van der Waals surface area contributed by atoms with E-state index < -0.39 is 0 Å². The highest BCUT2D eigenvalue weighted by atomic mass is 35.5. The fourth-order valence-electron chi connectivity index (χ4n) is 5.03. The minimum Gasteiger partial charge on any atom is -0.487 e. The van der Waals surface area contributed by atoms with Crippen LogP contribution in [0.25, 0.3) is 11.4 Å². The first-order valence-electron chi connectivity index (χ1n) is 12.2. The maximum atomic E-state index is 13.3. The Morgan fingerprint density at radius 2 is 2.03 bits per heavy atom. The monoisotopic (exact) mass is 494 g/mol. The van der Waals surface area contributed by atoms with E-state index in [1.807, 2.05) is 24.3 Å². The highest BCUT2D eigenvalue weighted by Gasteiger charge is 2.36. The van der Waals surface area contributed by atoms with E-state index in [-0.39, 0.29) is 23.5 Å². The minimum atomic E-state index is -0.335. The molecular formula is C27H31ClN4O3. The van der Waals surface area contributed by atoms with E-state index in [9.17, 15) is 4.79 Å². The number of fused-ring (bicyclic) bond motifs is 1. The first kappa shape index (κ1) is 23.8. The summed E-state index contributed by atoms with van der Waals surface area (Å²) in [5.74, 6) is 1.96. The third kappa shape index (κ3) is 5.52. The van der Waals surface area contributed by atoms with Crippen LogP contribution in [0.15, 0.2) is 47.0 Å². The third-order valence-corrected chi connectivity index (χ3v) is 7.00. The molecule has 0 saturated carbocycles. The molecule has 1 amide bonds. The third-order valence-electron chi connectivity index (χ3n) is 6.74. The Morgan fingerprint density at radius 3 is 2.83 bits per heavy atom. The molecule has 5 rings (SSSR count). The SMILES string of the molecule is Cc1ccc2c(c1)C(NC(=O)C1CCCN(Cc3nc(-c4ccc(Cl)cc4)no3)C1)CC(C)(C)O2. The van der Waals surface area contributed by atoms with Gasteiger partial charge in [0.1, 0.15) is 11.4 Å². The molecular weight excluding hydrogens is 464 g/mol. The molecule has 0 radical (unpaired) electrons. The number of piperidine rings is 1. The molecule has 8 heteroatoms.